The molecule has 0 saturated carbocycles. The van der Waals surface area contributed by atoms with Crippen molar-refractivity contribution < 1.29 is 41.6 Å². The van der Waals surface area contributed by atoms with E-state index in [2.05, 4.69) is 4.74 Å². The molecule has 0 atom stereocenters. The lowest BCUT2D eigenvalue weighted by atomic mass is 9.76. The Morgan fingerprint density at radius 3 is 1.62 bits per heavy atom. The fourth-order valence-corrected chi connectivity index (χ4v) is 3.67. The monoisotopic (exact) mass is 465 g/mol. The van der Waals surface area contributed by atoms with E-state index in [4.69, 9.17) is 14.0 Å². The Hall–Kier alpha value is -3.44. The fraction of sp³-hybridized carbons (Fsp3) is 0.286. The SMILES string of the molecule is COC(=O)c1ccc(CC(Cc2ccc(NS(=O)(=O)O)cc2)(C(=O)OC)C(=O)OC)cc1. The standard InChI is InChI=1S/C21H23NO9S/c1-29-18(23)16-8-4-14(5-9-16)12-21(19(24)30-2,20(25)31-3)13-15-6-10-17(11-7-15)22-32(26,27)28/h4-11,22H,12-13H2,1-3H3,(H,26,27,28). The van der Waals surface area contributed by atoms with Crippen LogP contribution in [0.5, 0.6) is 0 Å². The summed E-state index contributed by atoms with van der Waals surface area (Å²) in [5.41, 5.74) is -0.267. The van der Waals surface area contributed by atoms with E-state index in [-0.39, 0.29) is 18.5 Å². The Bertz CT molecular complexity index is 1060. The van der Waals surface area contributed by atoms with Crippen molar-refractivity contribution in [3.63, 3.8) is 0 Å². The van der Waals surface area contributed by atoms with Gasteiger partial charge in [-0.25, -0.2) is 4.79 Å². The topological polar surface area (TPSA) is 145 Å². The number of nitrogens with one attached hydrogen (secondary N) is 1. The van der Waals surface area contributed by atoms with Crippen LogP contribution >= 0.6 is 0 Å². The predicted molar refractivity (Wildman–Crippen MR) is 113 cm³/mol. The molecule has 0 bridgehead atoms. The average molecular weight is 465 g/mol. The minimum atomic E-state index is -4.44. The van der Waals surface area contributed by atoms with E-state index in [1.807, 2.05) is 4.72 Å². The Morgan fingerprint density at radius 1 is 0.812 bits per heavy atom. The summed E-state index contributed by atoms with van der Waals surface area (Å²) in [6.45, 7) is 0. The molecular formula is C21H23NO9S. The maximum absolute atomic E-state index is 12.8. The van der Waals surface area contributed by atoms with E-state index in [9.17, 15) is 22.8 Å². The zero-order chi connectivity index (χ0) is 23.9. The van der Waals surface area contributed by atoms with E-state index in [1.165, 1.54) is 43.5 Å². The highest BCUT2D eigenvalue weighted by molar-refractivity contribution is 7.87. The number of hydrogen-bond donors (Lipinski definition) is 2. The predicted octanol–water partition coefficient (Wildman–Crippen LogP) is 1.81. The van der Waals surface area contributed by atoms with Crippen LogP contribution in [0.1, 0.15) is 21.5 Å². The van der Waals surface area contributed by atoms with E-state index < -0.39 is 33.6 Å². The summed E-state index contributed by atoms with van der Waals surface area (Å²) < 4.78 is 47.2. The quantitative estimate of drug-likeness (QED) is 0.245. The molecule has 2 aromatic carbocycles. The maximum Gasteiger partial charge on any atom is 0.357 e. The minimum absolute atomic E-state index is 0.0845. The molecule has 172 valence electrons. The maximum atomic E-state index is 12.8. The molecule has 2 rings (SSSR count). The summed E-state index contributed by atoms with van der Waals surface area (Å²) in [6, 6.07) is 11.9. The van der Waals surface area contributed by atoms with Crippen LogP contribution in [0.15, 0.2) is 48.5 Å². The highest BCUT2D eigenvalue weighted by Gasteiger charge is 2.48. The fourth-order valence-electron chi connectivity index (χ4n) is 3.24. The van der Waals surface area contributed by atoms with E-state index in [0.29, 0.717) is 16.7 Å². The number of rotatable bonds is 9. The van der Waals surface area contributed by atoms with Gasteiger partial charge in [0.15, 0.2) is 5.41 Å². The zero-order valence-corrected chi connectivity index (χ0v) is 18.5. The second-order valence-electron chi connectivity index (χ2n) is 6.88. The molecule has 0 radical (unpaired) electrons. The second-order valence-corrected chi connectivity index (χ2v) is 8.04. The van der Waals surface area contributed by atoms with Gasteiger partial charge in [0.05, 0.1) is 32.6 Å². The third-order valence-corrected chi connectivity index (χ3v) is 5.23. The first-order valence-electron chi connectivity index (χ1n) is 9.23. The smallest absolute Gasteiger partial charge is 0.357 e. The van der Waals surface area contributed by atoms with Gasteiger partial charge in [-0.3, -0.25) is 18.9 Å². The Balaban J connectivity index is 2.41. The summed E-state index contributed by atoms with van der Waals surface area (Å²) in [7, 11) is -0.882. The summed E-state index contributed by atoms with van der Waals surface area (Å²) >= 11 is 0. The number of carbonyl (C=O) groups is 3. The van der Waals surface area contributed by atoms with Gasteiger partial charge in [-0.05, 0) is 48.2 Å². The van der Waals surface area contributed by atoms with Gasteiger partial charge in [0.25, 0.3) is 0 Å². The van der Waals surface area contributed by atoms with Crippen molar-refractivity contribution in [1.82, 2.24) is 0 Å². The summed E-state index contributed by atoms with van der Waals surface area (Å²) in [5, 5.41) is 0. The number of ether oxygens (including phenoxy) is 3. The second kappa shape index (κ2) is 10.2. The van der Waals surface area contributed by atoms with Crippen molar-refractivity contribution in [3.05, 3.63) is 65.2 Å². The molecular weight excluding hydrogens is 442 g/mol. The molecule has 2 N–H and O–H groups in total. The Labute approximate surface area is 185 Å². The molecule has 0 unspecified atom stereocenters. The van der Waals surface area contributed by atoms with Gasteiger partial charge < -0.3 is 14.2 Å². The van der Waals surface area contributed by atoms with Crippen LogP contribution in [0.2, 0.25) is 0 Å². The largest absolute Gasteiger partial charge is 0.468 e. The molecule has 0 aliphatic carbocycles. The number of benzene rings is 2. The van der Waals surface area contributed by atoms with Crippen LogP contribution in [0, 0.1) is 5.41 Å². The lowest BCUT2D eigenvalue weighted by Gasteiger charge is -2.28. The lowest BCUT2D eigenvalue weighted by Crippen LogP contribution is -2.45. The molecule has 0 aliphatic heterocycles. The molecule has 0 amide bonds. The van der Waals surface area contributed by atoms with Crippen molar-refractivity contribution in [3.8, 4) is 0 Å². The first-order valence-corrected chi connectivity index (χ1v) is 10.7. The van der Waals surface area contributed by atoms with Crippen LogP contribution in [0.3, 0.4) is 0 Å². The van der Waals surface area contributed by atoms with Gasteiger partial charge in [-0.2, -0.15) is 8.42 Å². The van der Waals surface area contributed by atoms with Crippen LogP contribution in [0.25, 0.3) is 0 Å². The summed E-state index contributed by atoms with van der Waals surface area (Å²) in [5.74, 6) is -2.16. The Morgan fingerprint density at radius 2 is 1.25 bits per heavy atom. The molecule has 0 spiro atoms. The van der Waals surface area contributed by atoms with Crippen molar-refractivity contribution >= 4 is 33.9 Å². The van der Waals surface area contributed by atoms with Crippen molar-refractivity contribution in [2.24, 2.45) is 5.41 Å². The van der Waals surface area contributed by atoms with Crippen molar-refractivity contribution in [1.29, 1.82) is 0 Å². The van der Waals surface area contributed by atoms with Crippen LogP contribution in [-0.4, -0.2) is 52.2 Å². The minimum Gasteiger partial charge on any atom is -0.468 e. The van der Waals surface area contributed by atoms with E-state index in [1.54, 1.807) is 12.1 Å². The third kappa shape index (κ3) is 6.05. The molecule has 0 saturated heterocycles. The first-order chi connectivity index (χ1) is 15.0. The number of anilines is 1. The van der Waals surface area contributed by atoms with Gasteiger partial charge in [-0.1, -0.05) is 24.3 Å². The molecule has 32 heavy (non-hydrogen) atoms. The number of hydrogen-bond acceptors (Lipinski definition) is 8. The highest BCUT2D eigenvalue weighted by atomic mass is 32.2. The molecule has 0 aromatic heterocycles. The average Bonchev–Trinajstić information content (AvgIpc) is 2.77. The number of methoxy groups -OCH3 is 3. The molecule has 0 fully saturated rings. The van der Waals surface area contributed by atoms with Crippen molar-refractivity contribution in [2.75, 3.05) is 26.1 Å². The zero-order valence-electron chi connectivity index (χ0n) is 17.7. The van der Waals surface area contributed by atoms with Gasteiger partial charge in [0, 0.05) is 0 Å². The van der Waals surface area contributed by atoms with Crippen LogP contribution < -0.4 is 4.72 Å². The molecule has 10 nitrogen and oxygen atoms in total. The third-order valence-electron chi connectivity index (χ3n) is 4.74. The molecule has 11 heteroatoms. The first kappa shape index (κ1) is 24.8. The molecule has 0 aliphatic rings. The van der Waals surface area contributed by atoms with E-state index >= 15 is 0 Å². The molecule has 2 aromatic rings. The van der Waals surface area contributed by atoms with E-state index in [0.717, 1.165) is 14.2 Å². The molecule has 0 heterocycles. The van der Waals surface area contributed by atoms with Crippen LogP contribution in [-0.2, 0) is 46.9 Å². The normalized spacial score (nSPS) is 11.4. The van der Waals surface area contributed by atoms with Gasteiger partial charge in [-0.15, -0.1) is 0 Å². The van der Waals surface area contributed by atoms with Gasteiger partial charge in [0.1, 0.15) is 0 Å². The lowest BCUT2D eigenvalue weighted by molar-refractivity contribution is -0.169. The van der Waals surface area contributed by atoms with Crippen LogP contribution in [0.4, 0.5) is 5.69 Å². The summed E-state index contributed by atoms with van der Waals surface area (Å²) in [4.78, 5) is 37.2. The summed E-state index contributed by atoms with van der Waals surface area (Å²) in [6.07, 6.45) is -0.198. The highest BCUT2D eigenvalue weighted by Crippen LogP contribution is 2.32. The Kier molecular flexibility index (Phi) is 7.95. The number of esters is 3. The number of carbonyl (C=O) groups excluding carboxylic acids is 3. The van der Waals surface area contributed by atoms with Crippen molar-refractivity contribution in [2.45, 2.75) is 12.8 Å². The van der Waals surface area contributed by atoms with Gasteiger partial charge >= 0.3 is 28.2 Å². The van der Waals surface area contributed by atoms with Gasteiger partial charge in [0.2, 0.25) is 0 Å².